The quantitative estimate of drug-likeness (QED) is 0.898. The van der Waals surface area contributed by atoms with Crippen molar-refractivity contribution in [3.63, 3.8) is 0 Å². The molecular formula is C16H20ClN3O. The summed E-state index contributed by atoms with van der Waals surface area (Å²) in [6.07, 6.45) is 2.82. The normalized spacial score (nSPS) is 19.6. The first-order valence-electron chi connectivity index (χ1n) is 7.30. The Kier molecular flexibility index (Phi) is 5.60. The SMILES string of the molecule is CC(CC(=O)Nc1cc(C#N)ccc1Cl)C1CCCNC1. The number of carbonyl (C=O) groups excluding carboxylic acids is 1. The summed E-state index contributed by atoms with van der Waals surface area (Å²) in [5, 5.41) is 15.5. The number of nitrogens with zero attached hydrogens (tertiary/aromatic N) is 1. The molecule has 2 rings (SSSR count). The Morgan fingerprint density at radius 1 is 1.62 bits per heavy atom. The lowest BCUT2D eigenvalue weighted by atomic mass is 9.85. The second-order valence-electron chi connectivity index (χ2n) is 5.64. The van der Waals surface area contributed by atoms with E-state index in [1.807, 2.05) is 6.07 Å². The maximum atomic E-state index is 12.1. The minimum atomic E-state index is -0.0509. The van der Waals surface area contributed by atoms with Crippen molar-refractivity contribution >= 4 is 23.2 Å². The Hall–Kier alpha value is -1.57. The summed E-state index contributed by atoms with van der Waals surface area (Å²) >= 11 is 6.05. The molecule has 21 heavy (non-hydrogen) atoms. The number of benzene rings is 1. The van der Waals surface area contributed by atoms with Crippen LogP contribution in [0.2, 0.25) is 5.02 Å². The topological polar surface area (TPSA) is 64.9 Å². The molecule has 112 valence electrons. The average Bonchev–Trinajstić information content (AvgIpc) is 2.50. The predicted molar refractivity (Wildman–Crippen MR) is 84.2 cm³/mol. The van der Waals surface area contributed by atoms with E-state index in [1.54, 1.807) is 18.2 Å². The Morgan fingerprint density at radius 3 is 3.10 bits per heavy atom. The van der Waals surface area contributed by atoms with Crippen LogP contribution < -0.4 is 10.6 Å². The number of piperidine rings is 1. The van der Waals surface area contributed by atoms with E-state index in [2.05, 4.69) is 17.6 Å². The van der Waals surface area contributed by atoms with Crippen LogP contribution in [0, 0.1) is 23.2 Å². The molecule has 1 heterocycles. The zero-order chi connectivity index (χ0) is 15.2. The lowest BCUT2D eigenvalue weighted by Crippen LogP contribution is -2.34. The van der Waals surface area contributed by atoms with Gasteiger partial charge < -0.3 is 10.6 Å². The van der Waals surface area contributed by atoms with E-state index < -0.39 is 0 Å². The number of hydrogen-bond acceptors (Lipinski definition) is 3. The van der Waals surface area contributed by atoms with Crippen LogP contribution in [0.5, 0.6) is 0 Å². The van der Waals surface area contributed by atoms with Crippen molar-refractivity contribution in [2.75, 3.05) is 18.4 Å². The van der Waals surface area contributed by atoms with Crippen LogP contribution in [0.1, 0.15) is 31.7 Å². The standard InChI is InChI=1S/C16H20ClN3O/c1-11(13-3-2-6-19-10-13)7-16(21)20-15-8-12(9-18)4-5-14(15)17/h4-5,8,11,13,19H,2-3,6-7,10H2,1H3,(H,20,21). The minimum Gasteiger partial charge on any atom is -0.325 e. The highest BCUT2D eigenvalue weighted by Gasteiger charge is 2.22. The predicted octanol–water partition coefficient (Wildman–Crippen LogP) is 3.18. The molecule has 0 radical (unpaired) electrons. The lowest BCUT2D eigenvalue weighted by molar-refractivity contribution is -0.117. The molecule has 1 saturated heterocycles. The molecule has 2 N–H and O–H groups in total. The summed E-state index contributed by atoms with van der Waals surface area (Å²) in [6.45, 7) is 4.18. The van der Waals surface area contributed by atoms with E-state index in [0.29, 0.717) is 34.5 Å². The Labute approximate surface area is 130 Å². The Morgan fingerprint density at radius 2 is 2.43 bits per heavy atom. The lowest BCUT2D eigenvalue weighted by Gasteiger charge is -2.28. The van der Waals surface area contributed by atoms with Gasteiger partial charge >= 0.3 is 0 Å². The molecule has 1 amide bonds. The fourth-order valence-corrected chi connectivity index (χ4v) is 2.88. The Bertz CT molecular complexity index is 547. The van der Waals surface area contributed by atoms with Gasteiger partial charge in [-0.1, -0.05) is 18.5 Å². The van der Waals surface area contributed by atoms with Crippen LogP contribution in [-0.4, -0.2) is 19.0 Å². The maximum Gasteiger partial charge on any atom is 0.224 e. The molecule has 5 heteroatoms. The summed E-state index contributed by atoms with van der Waals surface area (Å²) in [4.78, 5) is 12.1. The first kappa shape index (κ1) is 15.8. The molecule has 0 spiro atoms. The van der Waals surface area contributed by atoms with E-state index in [4.69, 9.17) is 16.9 Å². The van der Waals surface area contributed by atoms with Crippen molar-refractivity contribution in [2.45, 2.75) is 26.2 Å². The molecule has 0 aromatic heterocycles. The highest BCUT2D eigenvalue weighted by atomic mass is 35.5. The number of halogens is 1. The molecule has 1 aromatic rings. The van der Waals surface area contributed by atoms with Gasteiger partial charge in [0.05, 0.1) is 22.3 Å². The zero-order valence-electron chi connectivity index (χ0n) is 12.2. The molecule has 2 unspecified atom stereocenters. The zero-order valence-corrected chi connectivity index (χ0v) is 12.9. The molecule has 1 aliphatic heterocycles. The molecule has 1 aliphatic rings. The molecule has 4 nitrogen and oxygen atoms in total. The van der Waals surface area contributed by atoms with Gasteiger partial charge in [0.2, 0.25) is 5.91 Å². The highest BCUT2D eigenvalue weighted by molar-refractivity contribution is 6.33. The molecule has 1 aromatic carbocycles. The van der Waals surface area contributed by atoms with Crippen LogP contribution in [0.15, 0.2) is 18.2 Å². The highest BCUT2D eigenvalue weighted by Crippen LogP contribution is 2.25. The summed E-state index contributed by atoms with van der Waals surface area (Å²) in [5.74, 6) is 0.825. The van der Waals surface area contributed by atoms with Crippen LogP contribution in [0.25, 0.3) is 0 Å². The van der Waals surface area contributed by atoms with Crippen LogP contribution in [0.4, 0.5) is 5.69 Å². The van der Waals surface area contributed by atoms with Gasteiger partial charge in [-0.3, -0.25) is 4.79 Å². The van der Waals surface area contributed by atoms with Crippen molar-refractivity contribution in [3.05, 3.63) is 28.8 Å². The van der Waals surface area contributed by atoms with Gasteiger partial charge in [0.15, 0.2) is 0 Å². The van der Waals surface area contributed by atoms with E-state index in [0.717, 1.165) is 13.1 Å². The molecule has 0 saturated carbocycles. The maximum absolute atomic E-state index is 12.1. The third-order valence-corrected chi connectivity index (χ3v) is 4.35. The third-order valence-electron chi connectivity index (χ3n) is 4.02. The van der Waals surface area contributed by atoms with E-state index >= 15 is 0 Å². The van der Waals surface area contributed by atoms with Gasteiger partial charge in [-0.2, -0.15) is 5.26 Å². The minimum absolute atomic E-state index is 0.0509. The largest absolute Gasteiger partial charge is 0.325 e. The van der Waals surface area contributed by atoms with E-state index in [-0.39, 0.29) is 5.91 Å². The first-order valence-corrected chi connectivity index (χ1v) is 7.68. The summed E-state index contributed by atoms with van der Waals surface area (Å²) in [7, 11) is 0. The molecule has 2 atom stereocenters. The Balaban J connectivity index is 1.93. The van der Waals surface area contributed by atoms with Crippen LogP contribution >= 0.6 is 11.6 Å². The van der Waals surface area contributed by atoms with Crippen molar-refractivity contribution in [1.29, 1.82) is 5.26 Å². The second-order valence-corrected chi connectivity index (χ2v) is 6.05. The van der Waals surface area contributed by atoms with Crippen LogP contribution in [0.3, 0.4) is 0 Å². The van der Waals surface area contributed by atoms with Crippen molar-refractivity contribution in [3.8, 4) is 6.07 Å². The number of nitrogens with one attached hydrogen (secondary N) is 2. The van der Waals surface area contributed by atoms with E-state index in [9.17, 15) is 4.79 Å². The summed E-state index contributed by atoms with van der Waals surface area (Å²) < 4.78 is 0. The van der Waals surface area contributed by atoms with Gasteiger partial charge in [0, 0.05) is 6.42 Å². The van der Waals surface area contributed by atoms with E-state index in [1.165, 1.54) is 12.8 Å². The number of nitriles is 1. The summed E-state index contributed by atoms with van der Waals surface area (Å²) in [6, 6.07) is 6.91. The van der Waals surface area contributed by atoms with Crippen LogP contribution in [-0.2, 0) is 4.79 Å². The van der Waals surface area contributed by atoms with Gasteiger partial charge in [0.25, 0.3) is 0 Å². The van der Waals surface area contributed by atoms with Crippen molar-refractivity contribution < 1.29 is 4.79 Å². The average molecular weight is 306 g/mol. The third kappa shape index (κ3) is 4.45. The van der Waals surface area contributed by atoms with Gasteiger partial charge in [-0.05, 0) is 56.0 Å². The monoisotopic (exact) mass is 305 g/mol. The fraction of sp³-hybridized carbons (Fsp3) is 0.500. The number of anilines is 1. The molecule has 0 bridgehead atoms. The number of hydrogen-bond donors (Lipinski definition) is 2. The smallest absolute Gasteiger partial charge is 0.224 e. The van der Waals surface area contributed by atoms with Crippen molar-refractivity contribution in [2.24, 2.45) is 11.8 Å². The number of rotatable bonds is 4. The van der Waals surface area contributed by atoms with Gasteiger partial charge in [-0.15, -0.1) is 0 Å². The second kappa shape index (κ2) is 7.44. The number of amides is 1. The summed E-state index contributed by atoms with van der Waals surface area (Å²) in [5.41, 5.74) is 0.994. The van der Waals surface area contributed by atoms with Crippen molar-refractivity contribution in [1.82, 2.24) is 5.32 Å². The number of carbonyl (C=O) groups is 1. The molecular weight excluding hydrogens is 286 g/mol. The fourth-order valence-electron chi connectivity index (χ4n) is 2.72. The van der Waals surface area contributed by atoms with Gasteiger partial charge in [0.1, 0.15) is 0 Å². The molecule has 0 aliphatic carbocycles. The molecule has 1 fully saturated rings. The van der Waals surface area contributed by atoms with Gasteiger partial charge in [-0.25, -0.2) is 0 Å². The first-order chi connectivity index (χ1) is 10.1.